The summed E-state index contributed by atoms with van der Waals surface area (Å²) in [6.45, 7) is 9.38. The Morgan fingerprint density at radius 1 is 1.56 bits per heavy atom. The van der Waals surface area contributed by atoms with E-state index in [1.165, 1.54) is 26.2 Å². The molecule has 1 unspecified atom stereocenters. The first-order valence-electron chi connectivity index (χ1n) is 3.80. The molecule has 2 nitrogen and oxygen atoms in total. The summed E-state index contributed by atoms with van der Waals surface area (Å²) in [5, 5.41) is 0. The lowest BCUT2D eigenvalue weighted by Crippen LogP contribution is -3.09. The van der Waals surface area contributed by atoms with Crippen molar-refractivity contribution in [2.75, 3.05) is 26.2 Å². The van der Waals surface area contributed by atoms with E-state index in [-0.39, 0.29) is 0 Å². The summed E-state index contributed by atoms with van der Waals surface area (Å²) in [5.41, 5.74) is 0. The summed E-state index contributed by atoms with van der Waals surface area (Å²) in [5.74, 6) is 0. The highest BCUT2D eigenvalue weighted by Gasteiger charge is 2.19. The van der Waals surface area contributed by atoms with Gasteiger partial charge in [-0.05, 0) is 13.8 Å². The second kappa shape index (κ2) is 2.97. The lowest BCUT2D eigenvalue weighted by atomic mass is 10.5. The summed E-state index contributed by atoms with van der Waals surface area (Å²) >= 11 is 0. The summed E-state index contributed by atoms with van der Waals surface area (Å²) in [6, 6.07) is 0. The highest BCUT2D eigenvalue weighted by molar-refractivity contribution is 5.36. The SMILES string of the molecule is CC[N+]1=C[NH+](CC)CC1. The largest absolute Gasteiger partial charge is 0.325 e. The Labute approximate surface area is 56.8 Å². The number of hydrogen-bond donors (Lipinski definition) is 1. The van der Waals surface area contributed by atoms with Crippen molar-refractivity contribution in [3.8, 4) is 0 Å². The molecule has 0 bridgehead atoms. The van der Waals surface area contributed by atoms with Crippen molar-refractivity contribution in [2.24, 2.45) is 0 Å². The third-order valence-electron chi connectivity index (χ3n) is 1.95. The molecule has 0 aromatic carbocycles. The average Bonchev–Trinajstić information content (AvgIpc) is 2.34. The van der Waals surface area contributed by atoms with E-state index in [2.05, 4.69) is 24.8 Å². The minimum absolute atomic E-state index is 1.17. The number of likely N-dealkylation sites (N-methyl/N-ethyl adjacent to an activating group) is 2. The standard InChI is InChI=1S/C7H15N2/c1-3-8-5-6-9(4-2)7-8/h7H,3-6H2,1-2H3/q+1/p+1. The van der Waals surface area contributed by atoms with Gasteiger partial charge in [0.15, 0.2) is 6.54 Å². The molecule has 0 saturated carbocycles. The van der Waals surface area contributed by atoms with Gasteiger partial charge in [-0.3, -0.25) is 0 Å². The van der Waals surface area contributed by atoms with Crippen LogP contribution in [0.4, 0.5) is 0 Å². The molecule has 0 fully saturated rings. The first-order valence-corrected chi connectivity index (χ1v) is 3.80. The van der Waals surface area contributed by atoms with Crippen LogP contribution in [0.15, 0.2) is 0 Å². The molecule has 9 heavy (non-hydrogen) atoms. The van der Waals surface area contributed by atoms with Crippen molar-refractivity contribution < 1.29 is 9.48 Å². The molecular formula is C7H16N2+2. The van der Waals surface area contributed by atoms with E-state index in [0.717, 1.165) is 0 Å². The van der Waals surface area contributed by atoms with E-state index in [1.807, 2.05) is 0 Å². The van der Waals surface area contributed by atoms with Crippen molar-refractivity contribution in [1.82, 2.24) is 0 Å². The first kappa shape index (κ1) is 6.75. The topological polar surface area (TPSA) is 7.45 Å². The number of rotatable bonds is 2. The van der Waals surface area contributed by atoms with Crippen molar-refractivity contribution >= 4 is 6.34 Å². The quantitative estimate of drug-likeness (QED) is 0.455. The van der Waals surface area contributed by atoms with Crippen LogP contribution in [0.3, 0.4) is 0 Å². The number of quaternary nitrogens is 1. The molecule has 1 aliphatic heterocycles. The maximum Gasteiger partial charge on any atom is 0.325 e. The lowest BCUT2D eigenvalue weighted by Gasteiger charge is -1.96. The van der Waals surface area contributed by atoms with Gasteiger partial charge in [0.2, 0.25) is 0 Å². The zero-order chi connectivity index (χ0) is 6.69. The molecule has 1 rings (SSSR count). The molecule has 52 valence electrons. The van der Waals surface area contributed by atoms with Crippen LogP contribution in [-0.4, -0.2) is 37.1 Å². The van der Waals surface area contributed by atoms with Gasteiger partial charge in [-0.25, -0.2) is 4.90 Å². The van der Waals surface area contributed by atoms with E-state index >= 15 is 0 Å². The minimum atomic E-state index is 1.17. The van der Waals surface area contributed by atoms with Crippen molar-refractivity contribution in [3.05, 3.63) is 0 Å². The van der Waals surface area contributed by atoms with Gasteiger partial charge in [-0.1, -0.05) is 0 Å². The van der Waals surface area contributed by atoms with E-state index in [9.17, 15) is 0 Å². The molecule has 0 spiro atoms. The highest BCUT2D eigenvalue weighted by Crippen LogP contribution is 1.72. The normalized spacial score (nSPS) is 26.4. The van der Waals surface area contributed by atoms with Crippen LogP contribution in [0.25, 0.3) is 0 Å². The fourth-order valence-corrected chi connectivity index (χ4v) is 1.19. The van der Waals surface area contributed by atoms with E-state index in [0.29, 0.717) is 0 Å². The van der Waals surface area contributed by atoms with E-state index < -0.39 is 0 Å². The fourth-order valence-electron chi connectivity index (χ4n) is 1.19. The molecular weight excluding hydrogens is 112 g/mol. The van der Waals surface area contributed by atoms with Gasteiger partial charge in [0.05, 0.1) is 6.54 Å². The van der Waals surface area contributed by atoms with Gasteiger partial charge < -0.3 is 0 Å². The number of nitrogens with zero attached hydrogens (tertiary/aromatic N) is 1. The van der Waals surface area contributed by atoms with Crippen LogP contribution in [0.1, 0.15) is 13.8 Å². The molecule has 0 aromatic rings. The van der Waals surface area contributed by atoms with Gasteiger partial charge in [0.25, 0.3) is 0 Å². The zero-order valence-corrected chi connectivity index (χ0v) is 6.35. The van der Waals surface area contributed by atoms with Crippen LogP contribution in [-0.2, 0) is 0 Å². The van der Waals surface area contributed by atoms with Crippen molar-refractivity contribution in [3.63, 3.8) is 0 Å². The minimum Gasteiger partial charge on any atom is -0.249 e. The lowest BCUT2D eigenvalue weighted by molar-refractivity contribution is -0.791. The van der Waals surface area contributed by atoms with Gasteiger partial charge in [0.1, 0.15) is 13.1 Å². The summed E-state index contributed by atoms with van der Waals surface area (Å²) in [4.78, 5) is 1.61. The molecule has 0 amide bonds. The van der Waals surface area contributed by atoms with Gasteiger partial charge >= 0.3 is 6.34 Å². The van der Waals surface area contributed by atoms with E-state index in [4.69, 9.17) is 0 Å². The molecule has 1 heterocycles. The first-order chi connectivity index (χ1) is 4.36. The third kappa shape index (κ3) is 1.52. The van der Waals surface area contributed by atoms with Crippen LogP contribution in [0.2, 0.25) is 0 Å². The van der Waals surface area contributed by atoms with Crippen LogP contribution < -0.4 is 4.90 Å². The Kier molecular flexibility index (Phi) is 2.22. The Balaban J connectivity index is 2.40. The Morgan fingerprint density at radius 2 is 2.33 bits per heavy atom. The van der Waals surface area contributed by atoms with Gasteiger partial charge in [-0.2, -0.15) is 4.58 Å². The Hall–Kier alpha value is -0.370. The summed E-state index contributed by atoms with van der Waals surface area (Å²) < 4.78 is 2.37. The predicted octanol–water partition coefficient (Wildman–Crippen LogP) is -1.03. The highest BCUT2D eigenvalue weighted by atomic mass is 15.3. The van der Waals surface area contributed by atoms with Gasteiger partial charge in [-0.15, -0.1) is 0 Å². The summed E-state index contributed by atoms with van der Waals surface area (Å²) in [7, 11) is 0. The molecule has 1 aliphatic rings. The smallest absolute Gasteiger partial charge is 0.249 e. The number of nitrogens with one attached hydrogen (secondary N) is 1. The fraction of sp³-hybridized carbons (Fsp3) is 0.857. The van der Waals surface area contributed by atoms with Gasteiger partial charge in [0, 0.05) is 0 Å². The second-order valence-corrected chi connectivity index (χ2v) is 2.52. The van der Waals surface area contributed by atoms with Crippen LogP contribution in [0.5, 0.6) is 0 Å². The summed E-state index contributed by atoms with van der Waals surface area (Å²) in [6.07, 6.45) is 2.31. The zero-order valence-electron chi connectivity index (χ0n) is 6.35. The average molecular weight is 128 g/mol. The molecule has 0 aliphatic carbocycles. The molecule has 1 atom stereocenters. The van der Waals surface area contributed by atoms with Crippen LogP contribution in [0, 0.1) is 0 Å². The molecule has 2 heteroatoms. The monoisotopic (exact) mass is 128 g/mol. The molecule has 0 radical (unpaired) electrons. The molecule has 0 saturated heterocycles. The second-order valence-electron chi connectivity index (χ2n) is 2.52. The third-order valence-corrected chi connectivity index (χ3v) is 1.95. The molecule has 1 N–H and O–H groups in total. The predicted molar refractivity (Wildman–Crippen MR) is 38.1 cm³/mol. The number of hydrogen-bond acceptors (Lipinski definition) is 0. The maximum atomic E-state index is 2.37. The maximum absolute atomic E-state index is 2.37. The van der Waals surface area contributed by atoms with E-state index in [1.54, 1.807) is 4.90 Å². The molecule has 0 aromatic heterocycles. The van der Waals surface area contributed by atoms with Crippen molar-refractivity contribution in [1.29, 1.82) is 0 Å². The van der Waals surface area contributed by atoms with Crippen LogP contribution >= 0.6 is 0 Å². The Morgan fingerprint density at radius 3 is 2.67 bits per heavy atom. The van der Waals surface area contributed by atoms with Crippen molar-refractivity contribution in [2.45, 2.75) is 13.8 Å². The Bertz CT molecular complexity index is 118.